The van der Waals surface area contributed by atoms with Crippen molar-refractivity contribution < 1.29 is 9.59 Å². The molecule has 134 valence electrons. The fraction of sp³-hybridized carbons (Fsp3) is 0.706. The molecule has 0 bridgehead atoms. The predicted molar refractivity (Wildman–Crippen MR) is 97.2 cm³/mol. The van der Waals surface area contributed by atoms with Crippen molar-refractivity contribution in [2.45, 2.75) is 40.5 Å². The van der Waals surface area contributed by atoms with Crippen LogP contribution < -0.4 is 10.6 Å². The fourth-order valence-corrected chi connectivity index (χ4v) is 3.58. The van der Waals surface area contributed by atoms with E-state index >= 15 is 0 Å². The van der Waals surface area contributed by atoms with Crippen LogP contribution in [0.25, 0.3) is 0 Å². The number of aromatic nitrogens is 1. The first kappa shape index (κ1) is 18.9. The highest BCUT2D eigenvalue weighted by molar-refractivity contribution is 7.15. The smallest absolute Gasteiger partial charge is 0.240 e. The number of likely N-dealkylation sites (tertiary alicyclic amines) is 1. The Morgan fingerprint density at radius 1 is 1.38 bits per heavy atom. The van der Waals surface area contributed by atoms with E-state index in [1.54, 1.807) is 0 Å². The number of nitrogens with one attached hydrogen (secondary N) is 2. The van der Waals surface area contributed by atoms with Gasteiger partial charge in [0.25, 0.3) is 0 Å². The Hall–Kier alpha value is -1.47. The molecule has 0 aromatic carbocycles. The zero-order chi connectivity index (χ0) is 17.7. The predicted octanol–water partition coefficient (Wildman–Crippen LogP) is 2.18. The van der Waals surface area contributed by atoms with E-state index in [1.807, 2.05) is 13.8 Å². The summed E-state index contributed by atoms with van der Waals surface area (Å²) in [5, 5.41) is 6.51. The van der Waals surface area contributed by atoms with Crippen molar-refractivity contribution >= 4 is 28.3 Å². The molecule has 1 aliphatic rings. The molecule has 0 radical (unpaired) electrons. The van der Waals surface area contributed by atoms with E-state index in [9.17, 15) is 9.59 Å². The highest BCUT2D eigenvalue weighted by atomic mass is 32.1. The molecule has 2 N–H and O–H groups in total. The van der Waals surface area contributed by atoms with Crippen molar-refractivity contribution in [3.8, 4) is 0 Å². The van der Waals surface area contributed by atoms with Crippen molar-refractivity contribution in [2.24, 2.45) is 11.8 Å². The number of carbonyl (C=O) groups is 2. The third kappa shape index (κ3) is 5.56. The van der Waals surface area contributed by atoms with Crippen molar-refractivity contribution in [3.63, 3.8) is 0 Å². The van der Waals surface area contributed by atoms with Gasteiger partial charge in [0.15, 0.2) is 5.13 Å². The SMILES string of the molecule is Cc1nc(NC(=O)CN2CCCC(C(=O)NCC(C)C)C2)sc1C. The first-order chi connectivity index (χ1) is 11.3. The standard InChI is InChI=1S/C17H28N4O2S/c1-11(2)8-18-16(23)14-6-5-7-21(9-14)10-15(22)20-17-19-12(3)13(4)24-17/h11,14H,5-10H2,1-4H3,(H,18,23)(H,19,20,22). The minimum absolute atomic E-state index is 0.0188. The van der Waals surface area contributed by atoms with E-state index in [0.717, 1.165) is 30.0 Å². The molecule has 1 unspecified atom stereocenters. The van der Waals surface area contributed by atoms with Crippen molar-refractivity contribution in [1.82, 2.24) is 15.2 Å². The first-order valence-electron chi connectivity index (χ1n) is 8.59. The minimum atomic E-state index is -0.0630. The summed E-state index contributed by atoms with van der Waals surface area (Å²) in [4.78, 5) is 31.9. The maximum atomic E-state index is 12.2. The van der Waals surface area contributed by atoms with Gasteiger partial charge in [0.1, 0.15) is 0 Å². The van der Waals surface area contributed by atoms with E-state index in [2.05, 4.69) is 34.4 Å². The molecule has 2 rings (SSSR count). The van der Waals surface area contributed by atoms with Gasteiger partial charge in [0.2, 0.25) is 11.8 Å². The molecule has 1 atom stereocenters. The second-order valence-corrected chi connectivity index (χ2v) is 8.13. The monoisotopic (exact) mass is 352 g/mol. The number of anilines is 1. The third-order valence-corrected chi connectivity index (χ3v) is 5.19. The Bertz CT molecular complexity index is 566. The molecule has 0 spiro atoms. The van der Waals surface area contributed by atoms with Crippen molar-refractivity contribution in [1.29, 1.82) is 0 Å². The summed E-state index contributed by atoms with van der Waals surface area (Å²) in [5.74, 6) is 0.478. The topological polar surface area (TPSA) is 74.3 Å². The Kier molecular flexibility index (Phi) is 6.74. The average molecular weight is 353 g/mol. The van der Waals surface area contributed by atoms with Crippen LogP contribution in [0.5, 0.6) is 0 Å². The molecule has 1 aromatic heterocycles. The quantitative estimate of drug-likeness (QED) is 0.823. The lowest BCUT2D eigenvalue weighted by atomic mass is 9.97. The lowest BCUT2D eigenvalue weighted by Gasteiger charge is -2.31. The van der Waals surface area contributed by atoms with E-state index in [-0.39, 0.29) is 17.7 Å². The van der Waals surface area contributed by atoms with Crippen molar-refractivity contribution in [2.75, 3.05) is 31.5 Å². The third-order valence-electron chi connectivity index (χ3n) is 4.20. The van der Waals surface area contributed by atoms with Gasteiger partial charge in [-0.1, -0.05) is 13.8 Å². The summed E-state index contributed by atoms with van der Waals surface area (Å²) >= 11 is 1.49. The van der Waals surface area contributed by atoms with Gasteiger partial charge in [0.05, 0.1) is 18.2 Å². The van der Waals surface area contributed by atoms with Crippen LogP contribution in [0.3, 0.4) is 0 Å². The van der Waals surface area contributed by atoms with E-state index in [4.69, 9.17) is 0 Å². The maximum Gasteiger partial charge on any atom is 0.240 e. The maximum absolute atomic E-state index is 12.2. The van der Waals surface area contributed by atoms with Crippen LogP contribution in [0.2, 0.25) is 0 Å². The molecule has 1 saturated heterocycles. The van der Waals surface area contributed by atoms with Crippen LogP contribution in [-0.4, -0.2) is 47.9 Å². The zero-order valence-corrected chi connectivity index (χ0v) is 15.8. The Balaban J connectivity index is 1.81. The van der Waals surface area contributed by atoms with Gasteiger partial charge < -0.3 is 10.6 Å². The van der Waals surface area contributed by atoms with Gasteiger partial charge in [-0.2, -0.15) is 0 Å². The molecular weight excluding hydrogens is 324 g/mol. The van der Waals surface area contributed by atoms with Crippen LogP contribution in [0, 0.1) is 25.7 Å². The molecule has 2 amide bonds. The number of hydrogen-bond acceptors (Lipinski definition) is 5. The summed E-state index contributed by atoms with van der Waals surface area (Å²) in [6.45, 7) is 10.6. The van der Waals surface area contributed by atoms with Gasteiger partial charge in [-0.05, 0) is 39.2 Å². The van der Waals surface area contributed by atoms with Crippen molar-refractivity contribution in [3.05, 3.63) is 10.6 Å². The number of piperidine rings is 1. The summed E-state index contributed by atoms with van der Waals surface area (Å²) in [7, 11) is 0. The van der Waals surface area contributed by atoms with Gasteiger partial charge in [-0.25, -0.2) is 4.98 Å². The largest absolute Gasteiger partial charge is 0.356 e. The average Bonchev–Trinajstić information content (AvgIpc) is 2.82. The highest BCUT2D eigenvalue weighted by Gasteiger charge is 2.26. The molecule has 2 heterocycles. The van der Waals surface area contributed by atoms with E-state index in [1.165, 1.54) is 11.3 Å². The second-order valence-electron chi connectivity index (χ2n) is 6.92. The van der Waals surface area contributed by atoms with Crippen LogP contribution in [0.4, 0.5) is 5.13 Å². The summed E-state index contributed by atoms with van der Waals surface area (Å²) in [6.07, 6.45) is 1.84. The van der Waals surface area contributed by atoms with Gasteiger partial charge in [-0.15, -0.1) is 11.3 Å². The Morgan fingerprint density at radius 2 is 2.12 bits per heavy atom. The number of amides is 2. The molecule has 0 aliphatic carbocycles. The van der Waals surface area contributed by atoms with Crippen LogP contribution in [0.15, 0.2) is 0 Å². The van der Waals surface area contributed by atoms with Crippen LogP contribution >= 0.6 is 11.3 Å². The molecule has 1 fully saturated rings. The van der Waals surface area contributed by atoms with E-state index in [0.29, 0.717) is 30.7 Å². The second kappa shape index (κ2) is 8.58. The number of carbonyl (C=O) groups excluding carboxylic acids is 2. The number of thiazole rings is 1. The van der Waals surface area contributed by atoms with E-state index < -0.39 is 0 Å². The lowest BCUT2D eigenvalue weighted by Crippen LogP contribution is -2.46. The highest BCUT2D eigenvalue weighted by Crippen LogP contribution is 2.21. The summed E-state index contributed by atoms with van der Waals surface area (Å²) < 4.78 is 0. The number of hydrogen-bond donors (Lipinski definition) is 2. The number of rotatable bonds is 6. The summed E-state index contributed by atoms with van der Waals surface area (Å²) in [6, 6.07) is 0. The molecule has 7 heteroatoms. The fourth-order valence-electron chi connectivity index (χ4n) is 2.75. The molecule has 24 heavy (non-hydrogen) atoms. The molecular formula is C17H28N4O2S. The number of nitrogens with zero attached hydrogens (tertiary/aromatic N) is 2. The Morgan fingerprint density at radius 3 is 2.75 bits per heavy atom. The van der Waals surface area contributed by atoms with Crippen LogP contribution in [-0.2, 0) is 9.59 Å². The normalized spacial score (nSPS) is 18.6. The van der Waals surface area contributed by atoms with Gasteiger partial charge in [0, 0.05) is 18.0 Å². The zero-order valence-electron chi connectivity index (χ0n) is 15.0. The molecule has 1 aliphatic heterocycles. The Labute approximate surface area is 148 Å². The van der Waals surface area contributed by atoms with Gasteiger partial charge >= 0.3 is 0 Å². The molecule has 0 saturated carbocycles. The summed E-state index contributed by atoms with van der Waals surface area (Å²) in [5.41, 5.74) is 0.954. The minimum Gasteiger partial charge on any atom is -0.356 e. The van der Waals surface area contributed by atoms with Crippen LogP contribution in [0.1, 0.15) is 37.3 Å². The number of aryl methyl sites for hydroxylation is 2. The van der Waals surface area contributed by atoms with Gasteiger partial charge in [-0.3, -0.25) is 14.5 Å². The molecule has 1 aromatic rings. The lowest BCUT2D eigenvalue weighted by molar-refractivity contribution is -0.128. The molecule has 6 nitrogen and oxygen atoms in total. The first-order valence-corrected chi connectivity index (χ1v) is 9.40.